The third-order valence-corrected chi connectivity index (χ3v) is 3.98. The van der Waals surface area contributed by atoms with E-state index in [0.29, 0.717) is 6.61 Å². The largest absolute Gasteiger partial charge is 0.480 e. The van der Waals surface area contributed by atoms with Crippen LogP contribution in [0.25, 0.3) is 0 Å². The average molecular weight is 212 g/mol. The highest BCUT2D eigenvalue weighted by molar-refractivity contribution is 5.67. The normalized spacial score (nSPS) is 34.3. The van der Waals surface area contributed by atoms with Gasteiger partial charge in [-0.1, -0.05) is 19.3 Å². The number of carboxylic acids is 1. The SMILES string of the molecule is O=C(O)COCCC1C[C@H]2CCC[C@H]2C1. The lowest BCUT2D eigenvalue weighted by atomic mass is 10.0. The van der Waals surface area contributed by atoms with Gasteiger partial charge in [-0.3, -0.25) is 0 Å². The second-order valence-corrected chi connectivity index (χ2v) is 5.02. The van der Waals surface area contributed by atoms with Crippen LogP contribution in [-0.4, -0.2) is 24.3 Å². The molecule has 1 N–H and O–H groups in total. The predicted octanol–water partition coefficient (Wildman–Crippen LogP) is 2.30. The maximum atomic E-state index is 10.2. The smallest absolute Gasteiger partial charge is 0.329 e. The highest BCUT2D eigenvalue weighted by Gasteiger charge is 2.36. The van der Waals surface area contributed by atoms with Crippen molar-refractivity contribution in [2.24, 2.45) is 17.8 Å². The summed E-state index contributed by atoms with van der Waals surface area (Å²) in [6.45, 7) is 0.482. The Kier molecular flexibility index (Phi) is 3.62. The monoisotopic (exact) mass is 212 g/mol. The van der Waals surface area contributed by atoms with Gasteiger partial charge in [0.2, 0.25) is 0 Å². The van der Waals surface area contributed by atoms with Crippen molar-refractivity contribution >= 4 is 5.97 Å². The van der Waals surface area contributed by atoms with E-state index in [0.717, 1.165) is 24.2 Å². The van der Waals surface area contributed by atoms with Gasteiger partial charge < -0.3 is 9.84 Å². The van der Waals surface area contributed by atoms with E-state index in [1.165, 1.54) is 32.1 Å². The van der Waals surface area contributed by atoms with Crippen LogP contribution in [0.5, 0.6) is 0 Å². The molecule has 2 rings (SSSR count). The Morgan fingerprint density at radius 1 is 1.27 bits per heavy atom. The van der Waals surface area contributed by atoms with Crippen molar-refractivity contribution in [2.45, 2.75) is 38.5 Å². The van der Waals surface area contributed by atoms with Gasteiger partial charge in [0, 0.05) is 6.61 Å². The molecule has 0 aliphatic heterocycles. The molecule has 2 aliphatic carbocycles. The quantitative estimate of drug-likeness (QED) is 0.711. The van der Waals surface area contributed by atoms with Gasteiger partial charge in [-0.15, -0.1) is 0 Å². The van der Waals surface area contributed by atoms with Gasteiger partial charge in [0.25, 0.3) is 0 Å². The molecule has 2 saturated carbocycles. The highest BCUT2D eigenvalue weighted by Crippen LogP contribution is 2.47. The summed E-state index contributed by atoms with van der Waals surface area (Å²) in [5, 5.41) is 8.41. The number of ether oxygens (including phenoxy) is 1. The Hall–Kier alpha value is -0.570. The number of carboxylic acid groups (broad SMARTS) is 1. The predicted molar refractivity (Wildman–Crippen MR) is 56.6 cm³/mol. The van der Waals surface area contributed by atoms with Gasteiger partial charge >= 0.3 is 5.97 Å². The van der Waals surface area contributed by atoms with Crippen LogP contribution >= 0.6 is 0 Å². The zero-order chi connectivity index (χ0) is 10.7. The summed E-state index contributed by atoms with van der Waals surface area (Å²) in [6.07, 6.45) is 8.06. The summed E-state index contributed by atoms with van der Waals surface area (Å²) in [5.74, 6) is 1.90. The van der Waals surface area contributed by atoms with E-state index in [9.17, 15) is 4.79 Å². The van der Waals surface area contributed by atoms with Crippen molar-refractivity contribution in [3.05, 3.63) is 0 Å². The Morgan fingerprint density at radius 2 is 1.93 bits per heavy atom. The van der Waals surface area contributed by atoms with Crippen LogP contribution in [0.15, 0.2) is 0 Å². The number of hydrogen-bond donors (Lipinski definition) is 1. The molecule has 0 aromatic carbocycles. The second kappa shape index (κ2) is 4.97. The molecule has 3 heteroatoms. The molecule has 0 amide bonds. The first-order chi connectivity index (χ1) is 7.25. The zero-order valence-electron chi connectivity index (χ0n) is 9.15. The van der Waals surface area contributed by atoms with Gasteiger partial charge in [-0.05, 0) is 37.0 Å². The third-order valence-electron chi connectivity index (χ3n) is 3.98. The maximum absolute atomic E-state index is 10.2. The molecular weight excluding hydrogens is 192 g/mol. The van der Waals surface area contributed by atoms with Crippen molar-refractivity contribution < 1.29 is 14.6 Å². The van der Waals surface area contributed by atoms with E-state index in [2.05, 4.69) is 0 Å². The van der Waals surface area contributed by atoms with Gasteiger partial charge in [0.05, 0.1) is 0 Å². The summed E-state index contributed by atoms with van der Waals surface area (Å²) in [6, 6.07) is 0. The maximum Gasteiger partial charge on any atom is 0.329 e. The van der Waals surface area contributed by atoms with Crippen LogP contribution in [-0.2, 0) is 9.53 Å². The molecule has 2 aliphatic rings. The Bertz CT molecular complexity index is 215. The first-order valence-corrected chi connectivity index (χ1v) is 6.05. The van der Waals surface area contributed by atoms with Crippen LogP contribution in [0.4, 0.5) is 0 Å². The summed E-state index contributed by atoms with van der Waals surface area (Å²) in [4.78, 5) is 10.2. The first-order valence-electron chi connectivity index (χ1n) is 6.05. The number of fused-ring (bicyclic) bond motifs is 1. The third kappa shape index (κ3) is 2.94. The second-order valence-electron chi connectivity index (χ2n) is 5.02. The fourth-order valence-corrected chi connectivity index (χ4v) is 3.33. The molecule has 0 radical (unpaired) electrons. The standard InChI is InChI=1S/C12H20O3/c13-12(14)8-15-5-4-9-6-10-2-1-3-11(10)7-9/h9-11H,1-8H2,(H,13,14)/t9?,10-,11+. The highest BCUT2D eigenvalue weighted by atomic mass is 16.5. The van der Waals surface area contributed by atoms with Gasteiger partial charge in [-0.25, -0.2) is 4.79 Å². The van der Waals surface area contributed by atoms with Gasteiger partial charge in [0.15, 0.2) is 0 Å². The minimum absolute atomic E-state index is 0.139. The molecule has 2 fully saturated rings. The minimum atomic E-state index is -0.863. The van der Waals surface area contributed by atoms with Crippen molar-refractivity contribution in [3.8, 4) is 0 Å². The van der Waals surface area contributed by atoms with Crippen molar-refractivity contribution in [1.82, 2.24) is 0 Å². The fraction of sp³-hybridized carbons (Fsp3) is 0.917. The van der Waals surface area contributed by atoms with Crippen LogP contribution in [0.1, 0.15) is 38.5 Å². The van der Waals surface area contributed by atoms with E-state index < -0.39 is 5.97 Å². The molecule has 15 heavy (non-hydrogen) atoms. The molecule has 0 bridgehead atoms. The number of hydrogen-bond acceptors (Lipinski definition) is 2. The molecule has 86 valence electrons. The van der Waals surface area contributed by atoms with E-state index in [-0.39, 0.29) is 6.61 Å². The van der Waals surface area contributed by atoms with Gasteiger partial charge in [0.1, 0.15) is 6.61 Å². The van der Waals surface area contributed by atoms with Crippen LogP contribution < -0.4 is 0 Å². The van der Waals surface area contributed by atoms with Crippen LogP contribution in [0.2, 0.25) is 0 Å². The van der Waals surface area contributed by atoms with Crippen LogP contribution in [0, 0.1) is 17.8 Å². The minimum Gasteiger partial charge on any atom is -0.480 e. The van der Waals surface area contributed by atoms with E-state index in [1.54, 1.807) is 0 Å². The topological polar surface area (TPSA) is 46.5 Å². The first kappa shape index (κ1) is 10.9. The molecule has 0 spiro atoms. The van der Waals surface area contributed by atoms with Crippen molar-refractivity contribution in [3.63, 3.8) is 0 Å². The average Bonchev–Trinajstić information content (AvgIpc) is 2.71. The van der Waals surface area contributed by atoms with E-state index in [4.69, 9.17) is 9.84 Å². The summed E-state index contributed by atoms with van der Waals surface area (Å²) in [7, 11) is 0. The lowest BCUT2D eigenvalue weighted by molar-refractivity contribution is -0.142. The number of carbonyl (C=O) groups is 1. The number of rotatable bonds is 5. The molecule has 3 nitrogen and oxygen atoms in total. The molecule has 3 atom stereocenters. The molecule has 0 heterocycles. The molecule has 0 aromatic rings. The Balaban J connectivity index is 1.59. The summed E-state index contributed by atoms with van der Waals surface area (Å²) >= 11 is 0. The molecule has 0 saturated heterocycles. The molecule has 0 aromatic heterocycles. The fourth-order valence-electron chi connectivity index (χ4n) is 3.33. The summed E-state index contributed by atoms with van der Waals surface area (Å²) in [5.41, 5.74) is 0. The van der Waals surface area contributed by atoms with Crippen molar-refractivity contribution in [2.75, 3.05) is 13.2 Å². The van der Waals surface area contributed by atoms with Crippen molar-refractivity contribution in [1.29, 1.82) is 0 Å². The molecule has 1 unspecified atom stereocenters. The van der Waals surface area contributed by atoms with Crippen LogP contribution in [0.3, 0.4) is 0 Å². The van der Waals surface area contributed by atoms with Gasteiger partial charge in [-0.2, -0.15) is 0 Å². The lowest BCUT2D eigenvalue weighted by Crippen LogP contribution is -2.10. The van der Waals surface area contributed by atoms with E-state index in [1.807, 2.05) is 0 Å². The molecular formula is C12H20O3. The van der Waals surface area contributed by atoms with E-state index >= 15 is 0 Å². The zero-order valence-corrected chi connectivity index (χ0v) is 9.15. The Labute approximate surface area is 90.8 Å². The Morgan fingerprint density at radius 3 is 2.53 bits per heavy atom. The lowest BCUT2D eigenvalue weighted by Gasteiger charge is -2.10. The summed E-state index contributed by atoms with van der Waals surface area (Å²) < 4.78 is 5.08. The number of aliphatic carboxylic acids is 1.